The van der Waals surface area contributed by atoms with Crippen molar-refractivity contribution in [3.05, 3.63) is 93.8 Å². The molecule has 4 rings (SSSR count). The first-order valence-electron chi connectivity index (χ1n) is 9.71. The van der Waals surface area contributed by atoms with Crippen molar-refractivity contribution in [1.82, 2.24) is 5.32 Å². The first-order chi connectivity index (χ1) is 14.0. The molecule has 0 bridgehead atoms. The van der Waals surface area contributed by atoms with Crippen LogP contribution in [0.15, 0.2) is 77.6 Å². The summed E-state index contributed by atoms with van der Waals surface area (Å²) in [4.78, 5) is 26.0. The topological polar surface area (TPSA) is 55.4 Å². The highest BCUT2D eigenvalue weighted by Gasteiger charge is 2.43. The van der Waals surface area contributed by atoms with Gasteiger partial charge in [-0.15, -0.1) is 0 Å². The van der Waals surface area contributed by atoms with Crippen LogP contribution in [0.2, 0.25) is 5.02 Å². The third-order valence-electron chi connectivity index (χ3n) is 5.46. The van der Waals surface area contributed by atoms with Gasteiger partial charge in [-0.1, -0.05) is 60.1 Å². The zero-order valence-corrected chi connectivity index (χ0v) is 16.9. The van der Waals surface area contributed by atoms with Crippen molar-refractivity contribution in [2.45, 2.75) is 32.3 Å². The van der Waals surface area contributed by atoms with E-state index in [1.54, 1.807) is 6.07 Å². The van der Waals surface area contributed by atoms with Gasteiger partial charge in [-0.25, -0.2) is 4.79 Å². The Morgan fingerprint density at radius 3 is 2.69 bits per heavy atom. The number of Topliss-reactive ketones (excluding diaryl/α,β-unsaturated/α-hetero) is 1. The number of hydrogen-bond acceptors (Lipinski definition) is 4. The van der Waals surface area contributed by atoms with Crippen molar-refractivity contribution in [1.29, 1.82) is 0 Å². The summed E-state index contributed by atoms with van der Waals surface area (Å²) in [6.07, 6.45) is 3.23. The smallest absolute Gasteiger partial charge is 0.336 e. The minimum Gasteiger partial charge on any atom is -0.457 e. The fourth-order valence-electron chi connectivity index (χ4n) is 4.14. The van der Waals surface area contributed by atoms with E-state index in [0.717, 1.165) is 16.8 Å². The van der Waals surface area contributed by atoms with E-state index in [1.807, 2.05) is 55.5 Å². The van der Waals surface area contributed by atoms with Crippen molar-refractivity contribution in [2.75, 3.05) is 0 Å². The molecule has 1 aliphatic heterocycles. The number of rotatable bonds is 4. The largest absolute Gasteiger partial charge is 0.457 e. The fourth-order valence-corrected chi connectivity index (χ4v) is 4.34. The molecule has 0 radical (unpaired) electrons. The van der Waals surface area contributed by atoms with Crippen LogP contribution >= 0.6 is 11.6 Å². The van der Waals surface area contributed by atoms with E-state index in [0.29, 0.717) is 29.1 Å². The Hall–Kier alpha value is -2.85. The Morgan fingerprint density at radius 2 is 1.93 bits per heavy atom. The highest BCUT2D eigenvalue weighted by atomic mass is 35.5. The Bertz CT molecular complexity index is 1010. The minimum absolute atomic E-state index is 0.126. The summed E-state index contributed by atoms with van der Waals surface area (Å²) in [6.45, 7) is 2.03. The van der Waals surface area contributed by atoms with Crippen LogP contribution in [-0.2, 0) is 20.9 Å². The van der Waals surface area contributed by atoms with Gasteiger partial charge in [0.05, 0.1) is 11.5 Å². The van der Waals surface area contributed by atoms with Crippen LogP contribution in [0.4, 0.5) is 0 Å². The summed E-state index contributed by atoms with van der Waals surface area (Å²) in [5.74, 6) is -1.13. The maximum atomic E-state index is 13.1. The van der Waals surface area contributed by atoms with E-state index >= 15 is 0 Å². The van der Waals surface area contributed by atoms with Gasteiger partial charge in [0.1, 0.15) is 12.4 Å². The molecule has 1 N–H and O–H groups in total. The maximum Gasteiger partial charge on any atom is 0.336 e. The summed E-state index contributed by atoms with van der Waals surface area (Å²) in [5, 5.41) is 3.85. The normalized spacial score (nSPS) is 21.2. The second-order valence-electron chi connectivity index (χ2n) is 7.40. The predicted molar refractivity (Wildman–Crippen MR) is 112 cm³/mol. The molecule has 0 amide bonds. The molecule has 0 spiro atoms. The molecule has 0 aromatic heterocycles. The van der Waals surface area contributed by atoms with Gasteiger partial charge in [0.2, 0.25) is 0 Å². The average molecular weight is 408 g/mol. The predicted octanol–water partition coefficient (Wildman–Crippen LogP) is 4.91. The molecule has 0 saturated carbocycles. The number of nitrogens with one attached hydrogen (secondary N) is 1. The zero-order chi connectivity index (χ0) is 20.4. The molecule has 0 fully saturated rings. The zero-order valence-electron chi connectivity index (χ0n) is 16.2. The van der Waals surface area contributed by atoms with Gasteiger partial charge in [-0.2, -0.15) is 0 Å². The third kappa shape index (κ3) is 3.99. The second kappa shape index (κ2) is 8.26. The molecule has 1 heterocycles. The lowest BCUT2D eigenvalue weighted by Crippen LogP contribution is -2.40. The number of carbonyl (C=O) groups excluding carboxylic acids is 2. The van der Waals surface area contributed by atoms with Crippen molar-refractivity contribution in [3.63, 3.8) is 0 Å². The fraction of sp³-hybridized carbons (Fsp3) is 0.250. The summed E-state index contributed by atoms with van der Waals surface area (Å²) in [6, 6.07) is 16.9. The van der Waals surface area contributed by atoms with E-state index in [2.05, 4.69) is 11.4 Å². The summed E-state index contributed by atoms with van der Waals surface area (Å²) >= 11 is 6.23. The lowest BCUT2D eigenvalue weighted by Gasteiger charge is -2.38. The lowest BCUT2D eigenvalue weighted by atomic mass is 9.71. The molecule has 148 valence electrons. The molecule has 2 atom stereocenters. The molecule has 5 heteroatoms. The average Bonchev–Trinajstić information content (AvgIpc) is 2.72. The quantitative estimate of drug-likeness (QED) is 0.732. The van der Waals surface area contributed by atoms with Gasteiger partial charge in [-0.05, 0) is 36.6 Å². The van der Waals surface area contributed by atoms with Crippen LogP contribution in [0, 0.1) is 5.92 Å². The van der Waals surface area contributed by atoms with Crippen molar-refractivity contribution in [2.24, 2.45) is 5.92 Å². The van der Waals surface area contributed by atoms with Crippen LogP contribution in [0.3, 0.4) is 0 Å². The Morgan fingerprint density at radius 1 is 1.14 bits per heavy atom. The first kappa shape index (κ1) is 19.5. The number of hydrogen-bond donors (Lipinski definition) is 1. The number of allylic oxidation sites excluding steroid dienone is 3. The summed E-state index contributed by atoms with van der Waals surface area (Å²) in [7, 11) is 0. The highest BCUT2D eigenvalue weighted by molar-refractivity contribution is 6.30. The number of ether oxygens (including phenoxy) is 1. The number of carbonyl (C=O) groups is 2. The molecule has 2 unspecified atom stereocenters. The Balaban J connectivity index is 1.72. The van der Waals surface area contributed by atoms with Gasteiger partial charge in [0.25, 0.3) is 0 Å². The summed E-state index contributed by atoms with van der Waals surface area (Å²) in [5.41, 5.74) is 3.82. The summed E-state index contributed by atoms with van der Waals surface area (Å²) < 4.78 is 5.63. The number of halogens is 1. The molecule has 29 heavy (non-hydrogen) atoms. The molecule has 2 aromatic rings. The number of esters is 1. The van der Waals surface area contributed by atoms with Crippen LogP contribution in [0.1, 0.15) is 36.8 Å². The SMILES string of the molecule is CC1=C(C(=O)OCc2ccccc2)C(c2cccc(Cl)c2)C2C(=O)CCC=C2N1. The van der Waals surface area contributed by atoms with E-state index < -0.39 is 17.8 Å². The van der Waals surface area contributed by atoms with Gasteiger partial charge < -0.3 is 10.1 Å². The Labute approximate surface area is 175 Å². The first-order valence-corrected chi connectivity index (χ1v) is 10.1. The maximum absolute atomic E-state index is 13.1. The van der Waals surface area contributed by atoms with Crippen LogP contribution in [0.5, 0.6) is 0 Å². The van der Waals surface area contributed by atoms with Crippen LogP contribution < -0.4 is 5.32 Å². The van der Waals surface area contributed by atoms with Gasteiger partial charge >= 0.3 is 5.97 Å². The Kier molecular flexibility index (Phi) is 5.54. The molecular formula is C24H22ClNO3. The van der Waals surface area contributed by atoms with E-state index in [4.69, 9.17) is 16.3 Å². The molecule has 2 aliphatic rings. The second-order valence-corrected chi connectivity index (χ2v) is 7.84. The number of benzene rings is 2. The van der Waals surface area contributed by atoms with Gasteiger partial charge in [0, 0.05) is 28.8 Å². The lowest BCUT2D eigenvalue weighted by molar-refractivity contribution is -0.141. The number of ketones is 1. The minimum atomic E-state index is -0.426. The van der Waals surface area contributed by atoms with Crippen LogP contribution in [-0.4, -0.2) is 11.8 Å². The van der Waals surface area contributed by atoms with Crippen molar-refractivity contribution in [3.8, 4) is 0 Å². The van der Waals surface area contributed by atoms with Gasteiger partial charge in [-0.3, -0.25) is 4.79 Å². The molecule has 0 saturated heterocycles. The standard InChI is InChI=1S/C24H22ClNO3/c1-15-21(24(28)29-14-16-7-3-2-4-8-16)22(17-9-5-10-18(25)13-17)23-19(26-15)11-6-12-20(23)27/h2-5,7-11,13,22-23,26H,6,12,14H2,1H3. The molecule has 1 aliphatic carbocycles. The van der Waals surface area contributed by atoms with Crippen molar-refractivity contribution >= 4 is 23.4 Å². The third-order valence-corrected chi connectivity index (χ3v) is 5.69. The highest BCUT2D eigenvalue weighted by Crippen LogP contribution is 2.44. The van der Waals surface area contributed by atoms with E-state index in [1.165, 1.54) is 0 Å². The van der Waals surface area contributed by atoms with E-state index in [-0.39, 0.29) is 12.4 Å². The van der Waals surface area contributed by atoms with Crippen LogP contribution in [0.25, 0.3) is 0 Å². The molecule has 2 aromatic carbocycles. The molecule has 4 nitrogen and oxygen atoms in total. The van der Waals surface area contributed by atoms with E-state index in [9.17, 15) is 9.59 Å². The monoisotopic (exact) mass is 407 g/mol. The van der Waals surface area contributed by atoms with Gasteiger partial charge in [0.15, 0.2) is 0 Å². The molecular weight excluding hydrogens is 386 g/mol. The number of fused-ring (bicyclic) bond motifs is 1. The van der Waals surface area contributed by atoms with Crippen molar-refractivity contribution < 1.29 is 14.3 Å².